The zero-order valence-electron chi connectivity index (χ0n) is 15.9. The minimum atomic E-state index is -1.18. The molecule has 0 aromatic rings. The van der Waals surface area contributed by atoms with E-state index in [0.717, 1.165) is 0 Å². The number of primary amides is 1. The summed E-state index contributed by atoms with van der Waals surface area (Å²) in [6.45, 7) is 1.37. The van der Waals surface area contributed by atoms with Crippen LogP contribution in [0.15, 0.2) is 0 Å². The van der Waals surface area contributed by atoms with Gasteiger partial charge in [0.1, 0.15) is 12.1 Å². The van der Waals surface area contributed by atoms with Crippen molar-refractivity contribution in [1.82, 2.24) is 16.0 Å². The first kappa shape index (κ1) is 25.3. The molecule has 0 bridgehead atoms. The number of carbonyl (C=O) groups is 5. The molecule has 0 aromatic carbocycles. The summed E-state index contributed by atoms with van der Waals surface area (Å²) in [6.07, 6.45) is 1.37. The predicted octanol–water partition coefficient (Wildman–Crippen LogP) is -3.10. The van der Waals surface area contributed by atoms with E-state index in [0.29, 0.717) is 19.4 Å². The molecule has 28 heavy (non-hydrogen) atoms. The zero-order valence-corrected chi connectivity index (χ0v) is 15.9. The normalized spacial score (nSPS) is 13.7. The fourth-order valence-corrected chi connectivity index (χ4v) is 2.13. The Bertz CT molecular complexity index is 570. The maximum Gasteiger partial charge on any atom is 0.326 e. The maximum absolute atomic E-state index is 12.1. The lowest BCUT2D eigenvalue weighted by Crippen LogP contribution is -2.52. The van der Waals surface area contributed by atoms with Gasteiger partial charge >= 0.3 is 5.97 Å². The van der Waals surface area contributed by atoms with E-state index in [4.69, 9.17) is 22.3 Å². The van der Waals surface area contributed by atoms with Crippen LogP contribution in [0.1, 0.15) is 39.0 Å². The number of rotatable bonds is 14. The number of carbonyl (C=O) groups excluding carboxylic acids is 4. The monoisotopic (exact) mass is 402 g/mol. The molecule has 12 heteroatoms. The highest BCUT2D eigenvalue weighted by Gasteiger charge is 2.23. The van der Waals surface area contributed by atoms with E-state index < -0.39 is 54.3 Å². The number of carboxylic acid groups (broad SMARTS) is 1. The first-order chi connectivity index (χ1) is 13.1. The molecule has 0 saturated carbocycles. The number of hydrogen-bond acceptors (Lipinski definition) is 7. The van der Waals surface area contributed by atoms with E-state index in [2.05, 4.69) is 16.0 Å². The molecule has 3 atom stereocenters. The Morgan fingerprint density at radius 1 is 1.00 bits per heavy atom. The molecule has 0 saturated heterocycles. The molecule has 0 fully saturated rings. The highest BCUT2D eigenvalue weighted by molar-refractivity contribution is 5.92. The lowest BCUT2D eigenvalue weighted by molar-refractivity contribution is -0.142. The van der Waals surface area contributed by atoms with Crippen molar-refractivity contribution in [2.45, 2.75) is 57.2 Å². The summed E-state index contributed by atoms with van der Waals surface area (Å²) in [4.78, 5) is 57.4. The van der Waals surface area contributed by atoms with Crippen molar-refractivity contribution in [2.24, 2.45) is 17.2 Å². The fraction of sp³-hybridized carbons (Fsp3) is 0.688. The van der Waals surface area contributed by atoms with Crippen molar-refractivity contribution in [3.8, 4) is 0 Å². The molecule has 12 nitrogen and oxygen atoms in total. The second kappa shape index (κ2) is 13.4. The first-order valence-corrected chi connectivity index (χ1v) is 8.92. The van der Waals surface area contributed by atoms with Crippen molar-refractivity contribution in [2.75, 3.05) is 13.1 Å². The van der Waals surface area contributed by atoms with Gasteiger partial charge in [0.25, 0.3) is 0 Å². The smallest absolute Gasteiger partial charge is 0.326 e. The van der Waals surface area contributed by atoms with Gasteiger partial charge in [0.15, 0.2) is 0 Å². The molecule has 0 aliphatic heterocycles. The van der Waals surface area contributed by atoms with E-state index in [-0.39, 0.29) is 19.3 Å². The van der Waals surface area contributed by atoms with Crippen molar-refractivity contribution in [3.05, 3.63) is 0 Å². The Morgan fingerprint density at radius 3 is 2.18 bits per heavy atom. The lowest BCUT2D eigenvalue weighted by Gasteiger charge is -2.19. The van der Waals surface area contributed by atoms with Crippen LogP contribution in [0.2, 0.25) is 0 Å². The second-order valence-electron chi connectivity index (χ2n) is 6.30. The minimum absolute atomic E-state index is 0.0440. The molecule has 0 spiro atoms. The van der Waals surface area contributed by atoms with Crippen LogP contribution in [-0.4, -0.2) is 65.9 Å². The first-order valence-electron chi connectivity index (χ1n) is 8.92. The SMILES string of the molecule is CC(NC(=O)CNC(=O)C(N)CCC(N)=O)C(=O)NC(CCCCN)C(=O)O. The zero-order chi connectivity index (χ0) is 21.7. The van der Waals surface area contributed by atoms with Crippen molar-refractivity contribution in [3.63, 3.8) is 0 Å². The third-order valence-electron chi connectivity index (χ3n) is 3.79. The number of nitrogens with one attached hydrogen (secondary N) is 3. The van der Waals surface area contributed by atoms with Crippen molar-refractivity contribution in [1.29, 1.82) is 0 Å². The Labute approximate surface area is 162 Å². The van der Waals surface area contributed by atoms with E-state index in [1.54, 1.807) is 0 Å². The van der Waals surface area contributed by atoms with Crippen LogP contribution < -0.4 is 33.2 Å². The van der Waals surface area contributed by atoms with Gasteiger partial charge in [0, 0.05) is 6.42 Å². The van der Waals surface area contributed by atoms with E-state index in [1.165, 1.54) is 6.92 Å². The van der Waals surface area contributed by atoms with Gasteiger partial charge in [-0.15, -0.1) is 0 Å². The molecule has 0 aliphatic carbocycles. The number of carboxylic acids is 1. The van der Waals surface area contributed by atoms with Crippen LogP contribution in [0.5, 0.6) is 0 Å². The van der Waals surface area contributed by atoms with Gasteiger partial charge in [-0.1, -0.05) is 0 Å². The highest BCUT2D eigenvalue weighted by atomic mass is 16.4. The molecule has 160 valence electrons. The molecule has 3 unspecified atom stereocenters. The summed E-state index contributed by atoms with van der Waals surface area (Å²) in [5, 5.41) is 16.1. The van der Waals surface area contributed by atoms with Crippen LogP contribution in [-0.2, 0) is 24.0 Å². The molecule has 0 heterocycles. The molecule has 0 radical (unpaired) electrons. The average molecular weight is 402 g/mol. The third kappa shape index (κ3) is 11.1. The summed E-state index contributed by atoms with van der Waals surface area (Å²) in [7, 11) is 0. The van der Waals surface area contributed by atoms with Gasteiger partial charge < -0.3 is 38.3 Å². The summed E-state index contributed by atoms with van der Waals surface area (Å²) in [5.74, 6) is -3.74. The average Bonchev–Trinajstić information content (AvgIpc) is 2.62. The Kier molecular flexibility index (Phi) is 12.1. The topological polar surface area (TPSA) is 220 Å². The van der Waals surface area contributed by atoms with Crippen LogP contribution in [0.4, 0.5) is 0 Å². The Hall–Kier alpha value is -2.73. The summed E-state index contributed by atoms with van der Waals surface area (Å²) in [6, 6.07) is -3.09. The van der Waals surface area contributed by atoms with Crippen LogP contribution >= 0.6 is 0 Å². The van der Waals surface area contributed by atoms with Gasteiger partial charge in [-0.3, -0.25) is 19.2 Å². The molecule has 10 N–H and O–H groups in total. The number of amides is 4. The largest absolute Gasteiger partial charge is 0.480 e. The molecule has 4 amide bonds. The van der Waals surface area contributed by atoms with E-state index in [1.807, 2.05) is 0 Å². The van der Waals surface area contributed by atoms with Gasteiger partial charge in [-0.05, 0) is 39.2 Å². The predicted molar refractivity (Wildman–Crippen MR) is 99.5 cm³/mol. The van der Waals surface area contributed by atoms with Gasteiger partial charge in [0.2, 0.25) is 23.6 Å². The second-order valence-corrected chi connectivity index (χ2v) is 6.30. The van der Waals surface area contributed by atoms with Crippen LogP contribution in [0.25, 0.3) is 0 Å². The fourth-order valence-electron chi connectivity index (χ4n) is 2.13. The quantitative estimate of drug-likeness (QED) is 0.147. The Balaban J connectivity index is 4.36. The van der Waals surface area contributed by atoms with E-state index in [9.17, 15) is 24.0 Å². The summed E-state index contributed by atoms with van der Waals surface area (Å²) >= 11 is 0. The standard InChI is InChI=1S/C16H30N6O6/c1-9(14(25)22-11(16(27)28)4-2-3-7-17)21-13(24)8-20-15(26)10(18)5-6-12(19)23/h9-11H,2-8,17-18H2,1H3,(H2,19,23)(H,20,26)(H,21,24)(H,22,25)(H,27,28). The number of unbranched alkanes of at least 4 members (excludes halogenated alkanes) is 1. The molecular weight excluding hydrogens is 372 g/mol. The summed E-state index contributed by atoms with van der Waals surface area (Å²) in [5.41, 5.74) is 15.9. The van der Waals surface area contributed by atoms with Gasteiger partial charge in [0.05, 0.1) is 12.6 Å². The van der Waals surface area contributed by atoms with E-state index >= 15 is 0 Å². The molecule has 0 aromatic heterocycles. The van der Waals surface area contributed by atoms with Crippen molar-refractivity contribution >= 4 is 29.6 Å². The van der Waals surface area contributed by atoms with Gasteiger partial charge in [-0.2, -0.15) is 0 Å². The third-order valence-corrected chi connectivity index (χ3v) is 3.79. The lowest BCUT2D eigenvalue weighted by atomic mass is 10.1. The highest BCUT2D eigenvalue weighted by Crippen LogP contribution is 2.01. The number of aliphatic carboxylic acids is 1. The number of nitrogens with two attached hydrogens (primary N) is 3. The molecular formula is C16H30N6O6. The minimum Gasteiger partial charge on any atom is -0.480 e. The molecule has 0 aliphatic rings. The summed E-state index contributed by atoms with van der Waals surface area (Å²) < 4.78 is 0. The molecule has 0 rings (SSSR count). The van der Waals surface area contributed by atoms with Crippen LogP contribution in [0.3, 0.4) is 0 Å². The Morgan fingerprint density at radius 2 is 1.64 bits per heavy atom. The van der Waals surface area contributed by atoms with Gasteiger partial charge in [-0.25, -0.2) is 4.79 Å². The number of hydrogen-bond donors (Lipinski definition) is 7. The van der Waals surface area contributed by atoms with Crippen LogP contribution in [0, 0.1) is 0 Å². The van der Waals surface area contributed by atoms with Crippen molar-refractivity contribution < 1.29 is 29.1 Å². The maximum atomic E-state index is 12.1.